The van der Waals surface area contributed by atoms with Crippen LogP contribution in [0, 0.1) is 5.92 Å². The summed E-state index contributed by atoms with van der Waals surface area (Å²) in [5.41, 5.74) is 0. The van der Waals surface area contributed by atoms with Crippen molar-refractivity contribution in [3.05, 3.63) is 0 Å². The second-order valence-corrected chi connectivity index (χ2v) is 5.27. The Balaban J connectivity index is 3.79. The smallest absolute Gasteiger partial charge is 0.321 e. The Morgan fingerprint density at radius 3 is 2.29 bits per heavy atom. The molecule has 17 heavy (non-hydrogen) atoms. The van der Waals surface area contributed by atoms with E-state index in [0.717, 1.165) is 11.8 Å². The SMILES string of the molecule is CC(C)CNC(=O)NC(=O)CS[C@@H](C)C(=O)O. The van der Waals surface area contributed by atoms with Crippen molar-refractivity contribution in [1.82, 2.24) is 10.6 Å². The van der Waals surface area contributed by atoms with Crippen LogP contribution in [0.15, 0.2) is 0 Å². The summed E-state index contributed by atoms with van der Waals surface area (Å²) in [6, 6.07) is -0.549. The van der Waals surface area contributed by atoms with Crippen LogP contribution in [0.2, 0.25) is 0 Å². The minimum Gasteiger partial charge on any atom is -0.480 e. The zero-order valence-corrected chi connectivity index (χ0v) is 11.0. The molecule has 0 saturated heterocycles. The van der Waals surface area contributed by atoms with E-state index < -0.39 is 23.2 Å². The summed E-state index contributed by atoms with van der Waals surface area (Å²) in [5.74, 6) is -1.23. The fraction of sp³-hybridized carbons (Fsp3) is 0.700. The summed E-state index contributed by atoms with van der Waals surface area (Å²) < 4.78 is 0. The lowest BCUT2D eigenvalue weighted by Crippen LogP contribution is -2.41. The molecule has 0 saturated carbocycles. The molecule has 98 valence electrons. The largest absolute Gasteiger partial charge is 0.480 e. The number of amides is 3. The molecule has 0 heterocycles. The zero-order chi connectivity index (χ0) is 13.4. The number of nitrogens with one attached hydrogen (secondary N) is 2. The highest BCUT2D eigenvalue weighted by molar-refractivity contribution is 8.01. The number of carboxylic acid groups (broad SMARTS) is 1. The molecule has 0 aromatic carbocycles. The van der Waals surface area contributed by atoms with E-state index in [-0.39, 0.29) is 5.75 Å². The molecule has 0 bridgehead atoms. The van der Waals surface area contributed by atoms with Crippen LogP contribution in [-0.2, 0) is 9.59 Å². The fourth-order valence-corrected chi connectivity index (χ4v) is 1.39. The molecule has 0 aromatic rings. The number of rotatable bonds is 6. The van der Waals surface area contributed by atoms with Gasteiger partial charge in [-0.15, -0.1) is 11.8 Å². The third-order valence-corrected chi connectivity index (χ3v) is 2.87. The summed E-state index contributed by atoms with van der Waals surface area (Å²) in [6.45, 7) is 5.84. The molecule has 3 N–H and O–H groups in total. The first-order valence-electron chi connectivity index (χ1n) is 5.25. The van der Waals surface area contributed by atoms with Gasteiger partial charge in [0.25, 0.3) is 0 Å². The quantitative estimate of drug-likeness (QED) is 0.654. The second-order valence-electron chi connectivity index (χ2n) is 3.94. The number of urea groups is 1. The standard InChI is InChI=1S/C10H18N2O4S/c1-6(2)4-11-10(16)12-8(13)5-17-7(3)9(14)15/h6-7H,4-5H2,1-3H3,(H,14,15)(H2,11,12,13,16)/t7-/m0/s1. The van der Waals surface area contributed by atoms with Gasteiger partial charge in [0.05, 0.1) is 11.0 Å². The van der Waals surface area contributed by atoms with E-state index >= 15 is 0 Å². The average Bonchev–Trinajstić information content (AvgIpc) is 2.22. The molecule has 0 radical (unpaired) electrons. The number of hydrogen-bond acceptors (Lipinski definition) is 4. The van der Waals surface area contributed by atoms with E-state index in [2.05, 4.69) is 10.6 Å². The van der Waals surface area contributed by atoms with Crippen molar-refractivity contribution < 1.29 is 19.5 Å². The monoisotopic (exact) mass is 262 g/mol. The molecule has 0 spiro atoms. The number of thioether (sulfide) groups is 1. The van der Waals surface area contributed by atoms with Gasteiger partial charge in [0.15, 0.2) is 0 Å². The maximum Gasteiger partial charge on any atom is 0.321 e. The highest BCUT2D eigenvalue weighted by Crippen LogP contribution is 2.09. The number of aliphatic carboxylic acids is 1. The Morgan fingerprint density at radius 1 is 1.24 bits per heavy atom. The first kappa shape index (κ1) is 15.8. The molecule has 0 aliphatic carbocycles. The van der Waals surface area contributed by atoms with Crippen molar-refractivity contribution in [2.24, 2.45) is 5.92 Å². The van der Waals surface area contributed by atoms with Crippen molar-refractivity contribution in [1.29, 1.82) is 0 Å². The van der Waals surface area contributed by atoms with Crippen molar-refractivity contribution >= 4 is 29.7 Å². The molecule has 3 amide bonds. The second kappa shape index (κ2) is 7.94. The van der Waals surface area contributed by atoms with E-state index in [9.17, 15) is 14.4 Å². The molecule has 1 atom stereocenters. The van der Waals surface area contributed by atoms with Gasteiger partial charge >= 0.3 is 12.0 Å². The molecule has 0 aromatic heterocycles. The van der Waals surface area contributed by atoms with Crippen LogP contribution in [0.3, 0.4) is 0 Å². The number of carboxylic acids is 1. The lowest BCUT2D eigenvalue weighted by Gasteiger charge is -2.09. The molecular weight excluding hydrogens is 244 g/mol. The van der Waals surface area contributed by atoms with Crippen molar-refractivity contribution in [2.75, 3.05) is 12.3 Å². The lowest BCUT2D eigenvalue weighted by atomic mass is 10.2. The first-order chi connectivity index (χ1) is 7.82. The van der Waals surface area contributed by atoms with E-state index in [1.54, 1.807) is 0 Å². The highest BCUT2D eigenvalue weighted by Gasteiger charge is 2.14. The molecule has 6 nitrogen and oxygen atoms in total. The molecule has 0 fully saturated rings. The van der Waals surface area contributed by atoms with E-state index in [4.69, 9.17) is 5.11 Å². The van der Waals surface area contributed by atoms with E-state index in [0.29, 0.717) is 12.5 Å². The Labute approximate surface area is 105 Å². The van der Waals surface area contributed by atoms with Gasteiger partial charge in [0, 0.05) is 6.54 Å². The van der Waals surface area contributed by atoms with Crippen molar-refractivity contribution in [3.8, 4) is 0 Å². The van der Waals surface area contributed by atoms with Crippen LogP contribution in [-0.4, -0.2) is 40.6 Å². The number of carbonyl (C=O) groups is 3. The van der Waals surface area contributed by atoms with E-state index in [1.807, 2.05) is 13.8 Å². The van der Waals surface area contributed by atoms with Crippen LogP contribution < -0.4 is 10.6 Å². The maximum absolute atomic E-state index is 11.2. The highest BCUT2D eigenvalue weighted by atomic mass is 32.2. The fourth-order valence-electron chi connectivity index (χ4n) is 0.776. The van der Waals surface area contributed by atoms with Gasteiger partial charge in [0.1, 0.15) is 0 Å². The van der Waals surface area contributed by atoms with Crippen LogP contribution in [0.1, 0.15) is 20.8 Å². The van der Waals surface area contributed by atoms with Crippen LogP contribution in [0.4, 0.5) is 4.79 Å². The maximum atomic E-state index is 11.2. The molecule has 0 rings (SSSR count). The average molecular weight is 262 g/mol. The number of hydrogen-bond donors (Lipinski definition) is 3. The molecular formula is C10H18N2O4S. The molecule has 7 heteroatoms. The van der Waals surface area contributed by atoms with Crippen LogP contribution in [0.5, 0.6) is 0 Å². The normalized spacial score (nSPS) is 12.0. The summed E-state index contributed by atoms with van der Waals surface area (Å²) >= 11 is 0.967. The van der Waals surface area contributed by atoms with Gasteiger partial charge in [-0.2, -0.15) is 0 Å². The van der Waals surface area contributed by atoms with E-state index in [1.165, 1.54) is 6.92 Å². The Hall–Kier alpha value is -1.24. The zero-order valence-electron chi connectivity index (χ0n) is 10.1. The topological polar surface area (TPSA) is 95.5 Å². The minimum absolute atomic E-state index is 0.0530. The van der Waals surface area contributed by atoms with Crippen LogP contribution in [0.25, 0.3) is 0 Å². The van der Waals surface area contributed by atoms with Gasteiger partial charge in [-0.25, -0.2) is 4.79 Å². The third kappa shape index (κ3) is 8.56. The Morgan fingerprint density at radius 2 is 1.82 bits per heavy atom. The first-order valence-corrected chi connectivity index (χ1v) is 6.30. The minimum atomic E-state index is -0.980. The van der Waals surface area contributed by atoms with Gasteiger partial charge in [0.2, 0.25) is 5.91 Å². The molecule has 0 unspecified atom stereocenters. The van der Waals surface area contributed by atoms with Gasteiger partial charge in [-0.1, -0.05) is 13.8 Å². The van der Waals surface area contributed by atoms with Crippen molar-refractivity contribution in [3.63, 3.8) is 0 Å². The summed E-state index contributed by atoms with van der Waals surface area (Å²) in [7, 11) is 0. The number of carbonyl (C=O) groups excluding carboxylic acids is 2. The molecule has 0 aliphatic rings. The Kier molecular flexibility index (Phi) is 7.36. The summed E-state index contributed by atoms with van der Waals surface area (Å²) in [4.78, 5) is 32.9. The lowest BCUT2D eigenvalue weighted by molar-refractivity contribution is -0.136. The van der Waals surface area contributed by atoms with Gasteiger partial charge in [-0.3, -0.25) is 14.9 Å². The predicted molar refractivity (Wildman–Crippen MR) is 65.9 cm³/mol. The summed E-state index contributed by atoms with van der Waals surface area (Å²) in [6.07, 6.45) is 0. The number of imide groups is 1. The third-order valence-electron chi connectivity index (χ3n) is 1.74. The Bertz CT molecular complexity index is 294. The van der Waals surface area contributed by atoms with Gasteiger partial charge < -0.3 is 10.4 Å². The van der Waals surface area contributed by atoms with Gasteiger partial charge in [-0.05, 0) is 12.8 Å². The molecule has 0 aliphatic heterocycles. The predicted octanol–water partition coefficient (Wildman–Crippen LogP) is 0.674. The summed E-state index contributed by atoms with van der Waals surface area (Å²) in [5, 5.41) is 12.6. The van der Waals surface area contributed by atoms with Crippen LogP contribution >= 0.6 is 11.8 Å². The van der Waals surface area contributed by atoms with Crippen molar-refractivity contribution in [2.45, 2.75) is 26.0 Å².